The molecule has 0 saturated heterocycles. The van der Waals surface area contributed by atoms with Crippen molar-refractivity contribution in [2.24, 2.45) is 0 Å². The molecule has 0 saturated carbocycles. The van der Waals surface area contributed by atoms with Crippen molar-refractivity contribution < 1.29 is 18.0 Å². The third-order valence-corrected chi connectivity index (χ3v) is 1.77. The summed E-state index contributed by atoms with van der Waals surface area (Å²) in [7, 11) is 0. The summed E-state index contributed by atoms with van der Waals surface area (Å²) < 4.78 is 36.1. The zero-order valence-corrected chi connectivity index (χ0v) is 8.87. The lowest BCUT2D eigenvalue weighted by Crippen LogP contribution is -2.39. The largest absolute Gasteiger partial charge is 0.406 e. The number of hydrogen-bond donors (Lipinski definition) is 1. The molecule has 0 aromatic heterocycles. The van der Waals surface area contributed by atoms with Crippen molar-refractivity contribution in [2.45, 2.75) is 25.9 Å². The van der Waals surface area contributed by atoms with Gasteiger partial charge in [-0.05, 0) is 12.2 Å². The molecule has 6 heteroatoms. The highest BCUT2D eigenvalue weighted by Crippen LogP contribution is 2.17. The van der Waals surface area contributed by atoms with E-state index in [-0.39, 0.29) is 18.7 Å². The Labute approximate surface area is 86.9 Å². The van der Waals surface area contributed by atoms with Gasteiger partial charge in [-0.15, -0.1) is 0 Å². The maximum Gasteiger partial charge on any atom is 0.406 e. The lowest BCUT2D eigenvalue weighted by molar-refractivity contribution is -0.161. The van der Waals surface area contributed by atoms with E-state index in [0.29, 0.717) is 6.42 Å². The van der Waals surface area contributed by atoms with E-state index in [1.54, 1.807) is 6.92 Å². The van der Waals surface area contributed by atoms with Crippen LogP contribution in [0.4, 0.5) is 13.2 Å². The Hall–Kier alpha value is -0.390. The number of alkyl halides is 3. The van der Waals surface area contributed by atoms with Crippen LogP contribution in [0.15, 0.2) is 0 Å². The summed E-state index contributed by atoms with van der Waals surface area (Å²) in [6.45, 7) is 0.719. The fourth-order valence-corrected chi connectivity index (χ4v) is 1.22. The summed E-state index contributed by atoms with van der Waals surface area (Å²) in [5, 5.41) is 0. The van der Waals surface area contributed by atoms with E-state index in [1.807, 2.05) is 0 Å². The van der Waals surface area contributed by atoms with Gasteiger partial charge in [-0.1, -0.05) is 6.92 Å². The average molecular weight is 229 g/mol. The zero-order chi connectivity index (χ0) is 11.2. The van der Waals surface area contributed by atoms with Gasteiger partial charge in [0.15, 0.2) is 0 Å². The first kappa shape index (κ1) is 13.6. The number of carbonyl (C=O) groups excluding carboxylic acids is 1. The van der Waals surface area contributed by atoms with Crippen LogP contribution >= 0.6 is 12.6 Å². The van der Waals surface area contributed by atoms with Gasteiger partial charge in [-0.2, -0.15) is 25.8 Å². The molecule has 84 valence electrons. The third kappa shape index (κ3) is 6.12. The summed E-state index contributed by atoms with van der Waals surface area (Å²) in [5.74, 6) is -0.212. The fraction of sp³-hybridized carbons (Fsp3) is 0.875. The van der Waals surface area contributed by atoms with Crippen LogP contribution in [-0.2, 0) is 4.79 Å². The number of nitrogens with zero attached hydrogens (tertiary/aromatic N) is 1. The number of amides is 1. The minimum Gasteiger partial charge on any atom is -0.334 e. The van der Waals surface area contributed by atoms with Gasteiger partial charge >= 0.3 is 6.18 Å². The molecule has 0 aliphatic rings. The second-order valence-electron chi connectivity index (χ2n) is 2.90. The maximum absolute atomic E-state index is 12.0. The molecule has 0 bridgehead atoms. The topological polar surface area (TPSA) is 20.3 Å². The van der Waals surface area contributed by atoms with Gasteiger partial charge in [0, 0.05) is 13.0 Å². The lowest BCUT2D eigenvalue weighted by Gasteiger charge is -2.23. The molecule has 0 N–H and O–H groups in total. The molecular weight excluding hydrogens is 215 g/mol. The normalized spacial score (nSPS) is 11.5. The molecular formula is C8H14F3NOS. The van der Waals surface area contributed by atoms with Crippen molar-refractivity contribution >= 4 is 18.5 Å². The van der Waals surface area contributed by atoms with E-state index < -0.39 is 18.6 Å². The number of halogens is 3. The summed E-state index contributed by atoms with van der Waals surface area (Å²) in [5.41, 5.74) is 0. The van der Waals surface area contributed by atoms with Crippen molar-refractivity contribution in [3.8, 4) is 0 Å². The molecule has 0 aromatic carbocycles. The van der Waals surface area contributed by atoms with Crippen LogP contribution in [0.1, 0.15) is 19.8 Å². The van der Waals surface area contributed by atoms with E-state index in [4.69, 9.17) is 0 Å². The highest BCUT2D eigenvalue weighted by molar-refractivity contribution is 7.80. The van der Waals surface area contributed by atoms with Gasteiger partial charge in [-0.25, -0.2) is 0 Å². The molecule has 0 rings (SSSR count). The first-order valence-electron chi connectivity index (χ1n) is 4.36. The average Bonchev–Trinajstić information content (AvgIpc) is 2.01. The standard InChI is InChI=1S/C8H14F3NOS/c1-2-4-12(6-8(9,10)11)7(13)3-5-14/h14H,2-6H2,1H3. The van der Waals surface area contributed by atoms with Crippen molar-refractivity contribution in [1.29, 1.82) is 0 Å². The van der Waals surface area contributed by atoms with Crippen LogP contribution in [0.3, 0.4) is 0 Å². The molecule has 0 aromatic rings. The Morgan fingerprint density at radius 2 is 2.00 bits per heavy atom. The lowest BCUT2D eigenvalue weighted by atomic mass is 10.3. The number of hydrogen-bond acceptors (Lipinski definition) is 2. The molecule has 0 aliphatic carbocycles. The Morgan fingerprint density at radius 3 is 2.36 bits per heavy atom. The Bertz CT molecular complexity index is 184. The van der Waals surface area contributed by atoms with Crippen LogP contribution in [0, 0.1) is 0 Å². The molecule has 2 nitrogen and oxygen atoms in total. The Balaban J connectivity index is 4.21. The molecule has 0 unspecified atom stereocenters. The molecule has 0 spiro atoms. The van der Waals surface area contributed by atoms with Crippen LogP contribution in [0.25, 0.3) is 0 Å². The molecule has 0 heterocycles. The Kier molecular flexibility index (Phi) is 5.99. The molecule has 0 aliphatic heterocycles. The van der Waals surface area contributed by atoms with Crippen molar-refractivity contribution in [3.05, 3.63) is 0 Å². The summed E-state index contributed by atoms with van der Waals surface area (Å²) in [6, 6.07) is 0. The van der Waals surface area contributed by atoms with Crippen molar-refractivity contribution in [2.75, 3.05) is 18.8 Å². The summed E-state index contributed by atoms with van der Waals surface area (Å²) in [6.07, 6.45) is -3.74. The first-order chi connectivity index (χ1) is 6.40. The summed E-state index contributed by atoms with van der Waals surface area (Å²) in [4.78, 5) is 12.0. The van der Waals surface area contributed by atoms with Crippen LogP contribution in [-0.4, -0.2) is 35.8 Å². The minimum absolute atomic E-state index is 0.0548. The quantitative estimate of drug-likeness (QED) is 0.716. The van der Waals surface area contributed by atoms with Crippen molar-refractivity contribution in [3.63, 3.8) is 0 Å². The predicted octanol–water partition coefficient (Wildman–Crippen LogP) is 2.11. The van der Waals surface area contributed by atoms with E-state index in [9.17, 15) is 18.0 Å². The summed E-state index contributed by atoms with van der Waals surface area (Å²) >= 11 is 3.81. The van der Waals surface area contributed by atoms with Gasteiger partial charge in [0.2, 0.25) is 5.91 Å². The second kappa shape index (κ2) is 6.16. The van der Waals surface area contributed by atoms with Crippen molar-refractivity contribution in [1.82, 2.24) is 4.90 Å². The van der Waals surface area contributed by atoms with E-state index in [1.165, 1.54) is 0 Å². The number of thiol groups is 1. The van der Waals surface area contributed by atoms with E-state index in [2.05, 4.69) is 12.6 Å². The highest BCUT2D eigenvalue weighted by atomic mass is 32.1. The van der Waals surface area contributed by atoms with Gasteiger partial charge in [0.1, 0.15) is 6.54 Å². The number of rotatable bonds is 5. The minimum atomic E-state index is -4.32. The van der Waals surface area contributed by atoms with E-state index in [0.717, 1.165) is 4.90 Å². The zero-order valence-electron chi connectivity index (χ0n) is 7.97. The fourth-order valence-electron chi connectivity index (χ4n) is 1.03. The van der Waals surface area contributed by atoms with Crippen LogP contribution in [0.2, 0.25) is 0 Å². The van der Waals surface area contributed by atoms with Crippen LogP contribution in [0.5, 0.6) is 0 Å². The van der Waals surface area contributed by atoms with Gasteiger partial charge in [0.25, 0.3) is 0 Å². The van der Waals surface area contributed by atoms with Gasteiger partial charge in [0.05, 0.1) is 0 Å². The monoisotopic (exact) mass is 229 g/mol. The predicted molar refractivity (Wildman–Crippen MR) is 51.4 cm³/mol. The Morgan fingerprint density at radius 1 is 1.43 bits per heavy atom. The molecule has 1 amide bonds. The second-order valence-corrected chi connectivity index (χ2v) is 3.35. The molecule has 14 heavy (non-hydrogen) atoms. The molecule has 0 fully saturated rings. The molecule has 0 atom stereocenters. The van der Waals surface area contributed by atoms with Crippen LogP contribution < -0.4 is 0 Å². The van der Waals surface area contributed by atoms with E-state index >= 15 is 0 Å². The third-order valence-electron chi connectivity index (χ3n) is 1.54. The van der Waals surface area contributed by atoms with Gasteiger partial charge in [-0.3, -0.25) is 4.79 Å². The van der Waals surface area contributed by atoms with Gasteiger partial charge < -0.3 is 4.90 Å². The smallest absolute Gasteiger partial charge is 0.334 e. The maximum atomic E-state index is 12.0. The molecule has 0 radical (unpaired) electrons. The first-order valence-corrected chi connectivity index (χ1v) is 4.99. The SMILES string of the molecule is CCCN(CC(F)(F)F)C(=O)CCS. The highest BCUT2D eigenvalue weighted by Gasteiger charge is 2.32. The number of carbonyl (C=O) groups is 1.